The molecule has 0 aromatic heterocycles. The zero-order valence-electron chi connectivity index (χ0n) is 19.4. The molecule has 4 nitrogen and oxygen atoms in total. The quantitative estimate of drug-likeness (QED) is 0.695. The van der Waals surface area contributed by atoms with E-state index >= 15 is 0 Å². The van der Waals surface area contributed by atoms with Crippen molar-refractivity contribution in [1.82, 2.24) is 5.32 Å². The molecule has 172 valence electrons. The maximum Gasteiger partial charge on any atom is 0.313 e. The summed E-state index contributed by atoms with van der Waals surface area (Å²) in [5, 5.41) is 14.3. The van der Waals surface area contributed by atoms with Gasteiger partial charge >= 0.3 is 5.97 Å². The lowest BCUT2D eigenvalue weighted by Crippen LogP contribution is -2.68. The van der Waals surface area contributed by atoms with Crippen molar-refractivity contribution in [1.29, 1.82) is 0 Å². The number of piperidine rings is 1. The van der Waals surface area contributed by atoms with Gasteiger partial charge in [0.25, 0.3) is 0 Å². The first-order valence-electron chi connectivity index (χ1n) is 13.2. The predicted octanol–water partition coefficient (Wildman–Crippen LogP) is 5.08. The van der Waals surface area contributed by atoms with Crippen LogP contribution in [0.1, 0.15) is 82.3 Å². The Morgan fingerprint density at radius 1 is 1.12 bits per heavy atom. The van der Waals surface area contributed by atoms with Gasteiger partial charge in [0.2, 0.25) is 0 Å². The van der Waals surface area contributed by atoms with E-state index in [4.69, 9.17) is 4.74 Å². The molecule has 8 rings (SSSR count). The minimum Gasteiger partial charge on any atom is -0.486 e. The Labute approximate surface area is 191 Å². The summed E-state index contributed by atoms with van der Waals surface area (Å²) >= 11 is 0. The molecule has 6 atom stereocenters. The van der Waals surface area contributed by atoms with Crippen LogP contribution in [0.4, 0.5) is 0 Å². The summed E-state index contributed by atoms with van der Waals surface area (Å²) in [4.78, 5) is 12.7. The smallest absolute Gasteiger partial charge is 0.313 e. The van der Waals surface area contributed by atoms with E-state index in [1.165, 1.54) is 49.7 Å². The summed E-state index contributed by atoms with van der Waals surface area (Å²) in [5.74, 6) is 2.58. The lowest BCUT2D eigenvalue weighted by molar-refractivity contribution is -0.219. The van der Waals surface area contributed by atoms with E-state index in [-0.39, 0.29) is 0 Å². The SMILES string of the molecule is CC1(Oc2ccc3c(c2)[C@@]24CCCC[C@H]2[C@@H](C3)NCC4)C2CC3CC(C2)CC1(C(=O)O)C3. The highest BCUT2D eigenvalue weighted by atomic mass is 16.5. The molecule has 2 N–H and O–H groups in total. The number of hydrogen-bond donors (Lipinski definition) is 2. The van der Waals surface area contributed by atoms with E-state index in [1.807, 2.05) is 0 Å². The van der Waals surface area contributed by atoms with Crippen molar-refractivity contribution in [2.45, 2.75) is 94.6 Å². The van der Waals surface area contributed by atoms with Gasteiger partial charge in [-0.15, -0.1) is 0 Å². The molecule has 7 aliphatic rings. The van der Waals surface area contributed by atoms with E-state index in [2.05, 4.69) is 30.4 Å². The Balaban J connectivity index is 1.29. The molecule has 5 saturated carbocycles. The Morgan fingerprint density at radius 2 is 1.94 bits per heavy atom. The van der Waals surface area contributed by atoms with Crippen LogP contribution in [0.3, 0.4) is 0 Å². The number of carboxylic acids is 1. The van der Waals surface area contributed by atoms with Gasteiger partial charge in [-0.3, -0.25) is 4.79 Å². The fraction of sp³-hybridized carbons (Fsp3) is 0.750. The fourth-order valence-electron chi connectivity index (χ4n) is 9.99. The zero-order valence-corrected chi connectivity index (χ0v) is 19.4. The van der Waals surface area contributed by atoms with Gasteiger partial charge in [-0.2, -0.15) is 0 Å². The minimum absolute atomic E-state index is 0.302. The topological polar surface area (TPSA) is 58.6 Å². The number of hydrogen-bond acceptors (Lipinski definition) is 3. The largest absolute Gasteiger partial charge is 0.486 e. The summed E-state index contributed by atoms with van der Waals surface area (Å²) < 4.78 is 6.93. The lowest BCUT2D eigenvalue weighted by Gasteiger charge is -2.63. The van der Waals surface area contributed by atoms with Crippen LogP contribution in [0.5, 0.6) is 5.75 Å². The molecule has 4 heteroatoms. The number of ether oxygens (including phenoxy) is 1. The van der Waals surface area contributed by atoms with Gasteiger partial charge in [-0.05, 0) is 112 Å². The molecule has 1 heterocycles. The van der Waals surface area contributed by atoms with E-state index in [0.717, 1.165) is 50.3 Å². The van der Waals surface area contributed by atoms with Crippen LogP contribution in [0, 0.1) is 29.1 Å². The molecule has 6 aliphatic carbocycles. The summed E-state index contributed by atoms with van der Waals surface area (Å²) in [6.07, 6.45) is 12.8. The van der Waals surface area contributed by atoms with Crippen molar-refractivity contribution in [3.05, 3.63) is 29.3 Å². The molecule has 3 unspecified atom stereocenters. The first-order valence-corrected chi connectivity index (χ1v) is 13.2. The van der Waals surface area contributed by atoms with Crippen molar-refractivity contribution in [2.75, 3.05) is 6.54 Å². The zero-order chi connectivity index (χ0) is 21.7. The molecule has 6 bridgehead atoms. The van der Waals surface area contributed by atoms with Crippen LogP contribution in [0.25, 0.3) is 0 Å². The van der Waals surface area contributed by atoms with Crippen molar-refractivity contribution in [3.63, 3.8) is 0 Å². The normalized spacial score (nSPS) is 48.1. The monoisotopic (exact) mass is 435 g/mol. The fourth-order valence-corrected chi connectivity index (χ4v) is 9.99. The Hall–Kier alpha value is -1.55. The molecule has 1 aromatic rings. The predicted molar refractivity (Wildman–Crippen MR) is 123 cm³/mol. The summed E-state index contributed by atoms with van der Waals surface area (Å²) in [7, 11) is 0. The van der Waals surface area contributed by atoms with Crippen LogP contribution in [-0.2, 0) is 16.6 Å². The van der Waals surface area contributed by atoms with Crippen LogP contribution in [0.15, 0.2) is 18.2 Å². The third-order valence-electron chi connectivity index (χ3n) is 11.3. The van der Waals surface area contributed by atoms with E-state index in [1.54, 1.807) is 0 Å². The average molecular weight is 436 g/mol. The minimum atomic E-state index is -0.719. The molecule has 1 aliphatic heterocycles. The third-order valence-corrected chi connectivity index (χ3v) is 11.3. The van der Waals surface area contributed by atoms with Crippen molar-refractivity contribution < 1.29 is 14.6 Å². The summed E-state index contributed by atoms with van der Waals surface area (Å²) in [6.45, 7) is 3.27. The second-order valence-electron chi connectivity index (χ2n) is 12.5. The molecule has 1 saturated heterocycles. The van der Waals surface area contributed by atoms with Crippen molar-refractivity contribution in [2.24, 2.45) is 29.1 Å². The Morgan fingerprint density at radius 3 is 2.72 bits per heavy atom. The number of rotatable bonds is 3. The third kappa shape index (κ3) is 2.40. The Kier molecular flexibility index (Phi) is 4.05. The van der Waals surface area contributed by atoms with Crippen LogP contribution in [0.2, 0.25) is 0 Å². The number of fused-ring (bicyclic) bond motifs is 1. The van der Waals surface area contributed by atoms with Crippen LogP contribution >= 0.6 is 0 Å². The summed E-state index contributed by atoms with van der Waals surface area (Å²) in [5.41, 5.74) is 2.01. The molecule has 1 aromatic carbocycles. The van der Waals surface area contributed by atoms with Gasteiger partial charge in [0, 0.05) is 17.4 Å². The lowest BCUT2D eigenvalue weighted by atomic mass is 9.43. The molecule has 0 radical (unpaired) electrons. The average Bonchev–Trinajstić information content (AvgIpc) is 2.77. The molecule has 6 fully saturated rings. The van der Waals surface area contributed by atoms with Crippen molar-refractivity contribution in [3.8, 4) is 5.75 Å². The number of carboxylic acid groups (broad SMARTS) is 1. The van der Waals surface area contributed by atoms with Crippen LogP contribution < -0.4 is 10.1 Å². The Bertz CT molecular complexity index is 955. The molecule has 32 heavy (non-hydrogen) atoms. The van der Waals surface area contributed by atoms with Crippen LogP contribution in [-0.4, -0.2) is 29.3 Å². The highest BCUT2D eigenvalue weighted by Gasteiger charge is 2.69. The molecular weight excluding hydrogens is 398 g/mol. The van der Waals surface area contributed by atoms with E-state index in [9.17, 15) is 9.90 Å². The highest BCUT2D eigenvalue weighted by molar-refractivity contribution is 5.77. The summed E-state index contributed by atoms with van der Waals surface area (Å²) in [6, 6.07) is 7.45. The molecular formula is C28H37NO3. The number of carbonyl (C=O) groups is 1. The molecule has 0 amide bonds. The van der Waals surface area contributed by atoms with Gasteiger partial charge < -0.3 is 15.2 Å². The van der Waals surface area contributed by atoms with Gasteiger partial charge in [-0.1, -0.05) is 18.9 Å². The van der Waals surface area contributed by atoms with Gasteiger partial charge in [-0.25, -0.2) is 0 Å². The molecule has 0 spiro atoms. The maximum absolute atomic E-state index is 12.7. The van der Waals surface area contributed by atoms with E-state index < -0.39 is 17.0 Å². The number of benzene rings is 1. The standard InChI is InChI=1S/C28H37NO3/c1-26(20-11-17-10-18(12-20)16-28(26,15-17)25(30)31)32-21-6-5-19-13-24-22-4-2-3-7-27(22,8-9-29-24)23(19)14-21/h5-6,14,17-18,20,22,24,29H,2-4,7-13,15-16H2,1H3,(H,30,31)/t17?,18?,20?,22-,24+,26?,27+,28?/m0/s1. The van der Waals surface area contributed by atoms with Gasteiger partial charge in [0.1, 0.15) is 16.8 Å². The van der Waals surface area contributed by atoms with E-state index in [0.29, 0.717) is 29.2 Å². The second kappa shape index (κ2) is 6.52. The second-order valence-corrected chi connectivity index (χ2v) is 12.5. The maximum atomic E-state index is 12.7. The number of nitrogens with one attached hydrogen (secondary N) is 1. The first-order chi connectivity index (χ1) is 15.4. The van der Waals surface area contributed by atoms with Gasteiger partial charge in [0.05, 0.1) is 0 Å². The first kappa shape index (κ1) is 19.9. The highest BCUT2D eigenvalue weighted by Crippen LogP contribution is 2.66. The number of aliphatic carboxylic acids is 1. The van der Waals surface area contributed by atoms with Crippen molar-refractivity contribution >= 4 is 5.97 Å². The van der Waals surface area contributed by atoms with Gasteiger partial charge in [0.15, 0.2) is 0 Å².